The van der Waals surface area contributed by atoms with Crippen molar-refractivity contribution < 1.29 is 9.67 Å². The Morgan fingerprint density at radius 3 is 1.28 bits per heavy atom. The molecule has 0 saturated heterocycles. The van der Waals surface area contributed by atoms with Crippen LogP contribution < -0.4 is 25.9 Å². The van der Waals surface area contributed by atoms with Gasteiger partial charge in [-0.05, 0) is 30.2 Å². The maximum atomic E-state index is 9.06. The van der Waals surface area contributed by atoms with Gasteiger partial charge in [0.25, 0.3) is 0 Å². The highest BCUT2D eigenvalue weighted by Crippen LogP contribution is 2.16. The first kappa shape index (κ1) is 33.7. The summed E-state index contributed by atoms with van der Waals surface area (Å²) in [7, 11) is 2.01. The zero-order valence-corrected chi connectivity index (χ0v) is 26.9. The molecule has 1 N–H and O–H groups in total. The molecule has 1 aromatic heterocycles. The van der Waals surface area contributed by atoms with Crippen LogP contribution in [0.3, 0.4) is 0 Å². The zero-order valence-electron chi connectivity index (χ0n) is 26.9. The number of benzene rings is 5. The summed E-state index contributed by atoms with van der Waals surface area (Å²) in [5.74, 6) is 0. The Morgan fingerprint density at radius 2 is 0.913 bits per heavy atom. The molecule has 6 aromatic rings. The summed E-state index contributed by atoms with van der Waals surface area (Å²) in [6.07, 6.45) is 8.30. The Hall–Kier alpha value is -5.19. The summed E-state index contributed by atoms with van der Waals surface area (Å²) in [5, 5.41) is 9.06. The summed E-state index contributed by atoms with van der Waals surface area (Å²) in [5.41, 5.74) is 7.51. The lowest BCUT2D eigenvalue weighted by molar-refractivity contribution is -0.671. The normalized spacial score (nSPS) is 10.2. The maximum Gasteiger partial charge on any atom is 0.241 e. The van der Waals surface area contributed by atoms with Crippen LogP contribution in [0.1, 0.15) is 18.1 Å². The summed E-state index contributed by atoms with van der Waals surface area (Å²) >= 11 is 0. The van der Waals surface area contributed by atoms with Crippen molar-refractivity contribution in [3.63, 3.8) is 0 Å². The van der Waals surface area contributed by atoms with Crippen LogP contribution in [0.15, 0.2) is 176 Å². The Labute approximate surface area is 275 Å². The molecule has 0 bridgehead atoms. The first-order valence-corrected chi connectivity index (χ1v) is 15.9. The lowest BCUT2D eigenvalue weighted by atomic mass is 9.37. The monoisotopic (exact) mass is 603 g/mol. The van der Waals surface area contributed by atoms with Crippen LogP contribution in [-0.2, 0) is 7.05 Å². The van der Waals surface area contributed by atoms with E-state index in [4.69, 9.17) is 5.11 Å². The minimum atomic E-state index is 0.181. The van der Waals surface area contributed by atoms with Gasteiger partial charge in [0, 0.05) is 30.9 Å². The first-order chi connectivity index (χ1) is 22.7. The lowest BCUT2D eigenvalue weighted by Gasteiger charge is -2.21. The molecule has 0 saturated carbocycles. The van der Waals surface area contributed by atoms with E-state index in [1.54, 1.807) is 0 Å². The minimum Gasteiger partial charge on any atom is -0.395 e. The minimum absolute atomic E-state index is 0.181. The molecule has 6 rings (SSSR count). The molecule has 4 heteroatoms. The van der Waals surface area contributed by atoms with Gasteiger partial charge in [0.2, 0.25) is 6.71 Å². The standard InChI is InChI=1S/C18H15B.C18H23N2O.C6H6/c1-4-10-16(11-5-1)19(17-12-6-2-7-13-17)18-14-8-3-9-15-18;1-3-20(14-15-21)18-8-6-16(7-9-18)4-5-17-10-12-19(2)13-11-17;1-2-4-6-5-3-1/h1-15H;4-13,21H,3,14-15H2,1-2H3;1-6H/q;+1;. The topological polar surface area (TPSA) is 27.3 Å². The molecule has 5 aromatic carbocycles. The van der Waals surface area contributed by atoms with E-state index in [0.29, 0.717) is 13.3 Å². The van der Waals surface area contributed by atoms with Crippen molar-refractivity contribution >= 4 is 40.9 Å². The summed E-state index contributed by atoms with van der Waals surface area (Å²) in [4.78, 5) is 2.16. The second kappa shape index (κ2) is 19.3. The molecule has 0 unspecified atom stereocenters. The first-order valence-electron chi connectivity index (χ1n) is 15.9. The molecule has 0 aliphatic heterocycles. The van der Waals surface area contributed by atoms with Crippen LogP contribution in [0.25, 0.3) is 12.2 Å². The number of nitrogens with zero attached hydrogens (tertiary/aromatic N) is 2. The van der Waals surface area contributed by atoms with Gasteiger partial charge in [-0.1, -0.05) is 168 Å². The average molecular weight is 604 g/mol. The van der Waals surface area contributed by atoms with Crippen LogP contribution in [0.5, 0.6) is 0 Å². The predicted octanol–water partition coefficient (Wildman–Crippen LogP) is 6.39. The highest BCUT2D eigenvalue weighted by atomic mass is 16.3. The molecule has 0 fully saturated rings. The van der Waals surface area contributed by atoms with Gasteiger partial charge in [-0.2, -0.15) is 0 Å². The third-order valence-corrected chi connectivity index (χ3v) is 7.55. The molecule has 0 atom stereocenters. The van der Waals surface area contributed by atoms with Crippen LogP contribution in [0, 0.1) is 0 Å². The van der Waals surface area contributed by atoms with Gasteiger partial charge in [-0.25, -0.2) is 4.57 Å². The Kier molecular flexibility index (Phi) is 14.1. The highest BCUT2D eigenvalue weighted by molar-refractivity contribution is 6.95. The van der Waals surface area contributed by atoms with Gasteiger partial charge in [0.1, 0.15) is 7.05 Å². The van der Waals surface area contributed by atoms with E-state index in [1.165, 1.54) is 27.5 Å². The molecular weight excluding hydrogens is 559 g/mol. The van der Waals surface area contributed by atoms with E-state index in [0.717, 1.165) is 12.2 Å². The fourth-order valence-corrected chi connectivity index (χ4v) is 5.10. The molecule has 230 valence electrons. The van der Waals surface area contributed by atoms with E-state index in [2.05, 4.69) is 151 Å². The third-order valence-electron chi connectivity index (χ3n) is 7.55. The number of hydrogen-bond acceptors (Lipinski definition) is 2. The molecular formula is C42H44BN2O+. The van der Waals surface area contributed by atoms with Gasteiger partial charge in [-0.3, -0.25) is 0 Å². The third kappa shape index (κ3) is 11.1. The number of aryl methyl sites for hydroxylation is 1. The zero-order chi connectivity index (χ0) is 32.2. The SMILES string of the molecule is CCN(CCO)c1ccc(/C=C/c2cc[n+](C)cc2)cc1.c1ccc(B(c2ccccc2)c2ccccc2)cc1.c1ccccc1. The van der Waals surface area contributed by atoms with E-state index in [-0.39, 0.29) is 6.61 Å². The second-order valence-electron chi connectivity index (χ2n) is 10.8. The number of aromatic nitrogens is 1. The van der Waals surface area contributed by atoms with Gasteiger partial charge in [-0.15, -0.1) is 0 Å². The van der Waals surface area contributed by atoms with Crippen molar-refractivity contribution in [3.8, 4) is 0 Å². The van der Waals surface area contributed by atoms with Gasteiger partial charge in [0.05, 0.1) is 6.61 Å². The maximum absolute atomic E-state index is 9.06. The Morgan fingerprint density at radius 1 is 0.543 bits per heavy atom. The van der Waals surface area contributed by atoms with Crippen molar-refractivity contribution in [2.75, 3.05) is 24.6 Å². The van der Waals surface area contributed by atoms with Crippen LogP contribution in [0.4, 0.5) is 5.69 Å². The fraction of sp³-hybridized carbons (Fsp3) is 0.119. The molecule has 1 heterocycles. The van der Waals surface area contributed by atoms with Crippen molar-refractivity contribution in [2.24, 2.45) is 7.05 Å². The van der Waals surface area contributed by atoms with Crippen molar-refractivity contribution in [1.29, 1.82) is 0 Å². The molecule has 3 nitrogen and oxygen atoms in total. The number of hydrogen-bond donors (Lipinski definition) is 1. The summed E-state index contributed by atoms with van der Waals surface area (Å²) in [6.45, 7) is 4.16. The molecule has 46 heavy (non-hydrogen) atoms. The van der Waals surface area contributed by atoms with Crippen molar-refractivity contribution in [3.05, 3.63) is 187 Å². The number of aliphatic hydroxyl groups excluding tert-OH is 1. The quantitative estimate of drug-likeness (QED) is 0.153. The number of likely N-dealkylation sites (N-methyl/N-ethyl adjacent to an activating group) is 1. The summed E-state index contributed by atoms with van der Waals surface area (Å²) in [6, 6.07) is 56.6. The molecule has 0 amide bonds. The van der Waals surface area contributed by atoms with E-state index >= 15 is 0 Å². The van der Waals surface area contributed by atoms with E-state index in [1.807, 2.05) is 60.4 Å². The smallest absolute Gasteiger partial charge is 0.241 e. The lowest BCUT2D eigenvalue weighted by Crippen LogP contribution is -2.51. The molecule has 0 aliphatic carbocycles. The van der Waals surface area contributed by atoms with Crippen LogP contribution >= 0.6 is 0 Å². The number of rotatable bonds is 9. The average Bonchev–Trinajstić information content (AvgIpc) is 3.13. The number of aliphatic hydroxyl groups is 1. The largest absolute Gasteiger partial charge is 0.395 e. The Bertz CT molecular complexity index is 1540. The molecule has 0 spiro atoms. The molecule has 0 radical (unpaired) electrons. The Balaban J connectivity index is 0.000000177. The second-order valence-corrected chi connectivity index (χ2v) is 10.8. The number of pyridine rings is 1. The summed E-state index contributed by atoms with van der Waals surface area (Å²) < 4.78 is 2.02. The van der Waals surface area contributed by atoms with Gasteiger partial charge < -0.3 is 10.0 Å². The van der Waals surface area contributed by atoms with Crippen LogP contribution in [0.2, 0.25) is 0 Å². The van der Waals surface area contributed by atoms with Crippen molar-refractivity contribution in [2.45, 2.75) is 6.92 Å². The van der Waals surface area contributed by atoms with Gasteiger partial charge >= 0.3 is 0 Å². The van der Waals surface area contributed by atoms with E-state index in [9.17, 15) is 0 Å². The highest BCUT2D eigenvalue weighted by Gasteiger charge is 2.20. The molecule has 0 aliphatic rings. The van der Waals surface area contributed by atoms with E-state index < -0.39 is 0 Å². The predicted molar refractivity (Wildman–Crippen MR) is 198 cm³/mol. The number of anilines is 1. The van der Waals surface area contributed by atoms with Gasteiger partial charge in [0.15, 0.2) is 12.4 Å². The fourth-order valence-electron chi connectivity index (χ4n) is 5.10. The van der Waals surface area contributed by atoms with Crippen molar-refractivity contribution in [1.82, 2.24) is 0 Å². The van der Waals surface area contributed by atoms with Crippen LogP contribution in [-0.4, -0.2) is 31.5 Å².